The average molecular weight is 632 g/mol. The molecule has 0 aliphatic rings. The lowest BCUT2D eigenvalue weighted by Gasteiger charge is -2.24. The third-order valence-electron chi connectivity index (χ3n) is 7.42. The van der Waals surface area contributed by atoms with E-state index in [1.54, 1.807) is 71.7 Å². The Kier molecular flexibility index (Phi) is 9.28. The number of aliphatic hydroxyl groups excluding tert-OH is 1. The quantitative estimate of drug-likeness (QED) is 0.150. The first-order valence-electron chi connectivity index (χ1n) is 14.6. The molecule has 4 aromatic carbocycles. The summed E-state index contributed by atoms with van der Waals surface area (Å²) in [5.74, 6) is -1.06. The molecule has 0 saturated carbocycles. The highest BCUT2D eigenvalue weighted by Gasteiger charge is 2.29. The number of anilines is 2. The lowest BCUT2D eigenvalue weighted by Crippen LogP contribution is -2.45. The molecule has 2 amide bonds. The number of hydrogen-bond acceptors (Lipinski definition) is 7. The van der Waals surface area contributed by atoms with Crippen LogP contribution in [0.4, 0.5) is 11.4 Å². The van der Waals surface area contributed by atoms with Crippen LogP contribution in [0.2, 0.25) is 5.02 Å². The smallest absolute Gasteiger partial charge is 0.251 e. The van der Waals surface area contributed by atoms with E-state index < -0.39 is 24.0 Å². The molecule has 11 heteroatoms. The van der Waals surface area contributed by atoms with Crippen molar-refractivity contribution in [2.24, 2.45) is 0 Å². The molecule has 46 heavy (non-hydrogen) atoms. The molecule has 0 unspecified atom stereocenters. The lowest BCUT2D eigenvalue weighted by molar-refractivity contribution is -0.130. The van der Waals surface area contributed by atoms with Gasteiger partial charge in [-0.05, 0) is 53.6 Å². The molecule has 2 atom stereocenters. The number of nitrogens with zero attached hydrogens (tertiary/aromatic N) is 4. The van der Waals surface area contributed by atoms with Crippen molar-refractivity contribution in [3.63, 3.8) is 0 Å². The van der Waals surface area contributed by atoms with E-state index in [4.69, 9.17) is 11.6 Å². The minimum absolute atomic E-state index is 0.0372. The number of pyridine rings is 1. The lowest BCUT2D eigenvalue weighted by atomic mass is 10.00. The number of benzene rings is 4. The van der Waals surface area contributed by atoms with E-state index in [2.05, 4.69) is 31.2 Å². The van der Waals surface area contributed by atoms with Crippen LogP contribution in [0.5, 0.6) is 0 Å². The molecule has 2 aromatic heterocycles. The summed E-state index contributed by atoms with van der Waals surface area (Å²) in [6.07, 6.45) is 1.92. The van der Waals surface area contributed by atoms with E-state index in [1.165, 1.54) is 0 Å². The van der Waals surface area contributed by atoms with Crippen molar-refractivity contribution in [1.29, 1.82) is 0 Å². The zero-order chi connectivity index (χ0) is 31.9. The predicted octanol–water partition coefficient (Wildman–Crippen LogP) is 5.42. The molecule has 230 valence electrons. The van der Waals surface area contributed by atoms with Gasteiger partial charge in [-0.1, -0.05) is 83.5 Å². The Bertz CT molecular complexity index is 1970. The van der Waals surface area contributed by atoms with Gasteiger partial charge in [-0.2, -0.15) is 0 Å². The Hall–Kier alpha value is -5.58. The molecule has 0 bridgehead atoms. The summed E-state index contributed by atoms with van der Waals surface area (Å²) in [5, 5.41) is 30.1. The maximum Gasteiger partial charge on any atom is 0.251 e. The minimum Gasteiger partial charge on any atom is -0.381 e. The van der Waals surface area contributed by atoms with E-state index in [0.717, 1.165) is 27.8 Å². The second-order valence-electron chi connectivity index (χ2n) is 10.6. The van der Waals surface area contributed by atoms with Crippen LogP contribution in [0.3, 0.4) is 0 Å². The van der Waals surface area contributed by atoms with Crippen LogP contribution < -0.4 is 16.0 Å². The monoisotopic (exact) mass is 631 g/mol. The SMILES string of the molecule is O=C(N[C@@H](c1ccccc1)[C@@H](O)C(=O)NCc1cn(Cc2ccccc2Nc2ccnc3cc(Cl)ccc23)nn1)c1ccccc1. The summed E-state index contributed by atoms with van der Waals surface area (Å²) in [5.41, 5.74) is 5.06. The number of aromatic nitrogens is 4. The maximum absolute atomic E-state index is 13.1. The Labute approximate surface area is 270 Å². The summed E-state index contributed by atoms with van der Waals surface area (Å²) in [6, 6.07) is 31.9. The Morgan fingerprint density at radius 1 is 0.870 bits per heavy atom. The predicted molar refractivity (Wildman–Crippen MR) is 177 cm³/mol. The Balaban J connectivity index is 1.11. The number of amides is 2. The van der Waals surface area contributed by atoms with Crippen LogP contribution in [-0.2, 0) is 17.9 Å². The van der Waals surface area contributed by atoms with E-state index in [9.17, 15) is 14.7 Å². The van der Waals surface area contributed by atoms with Crippen molar-refractivity contribution in [3.05, 3.63) is 149 Å². The molecule has 4 N–H and O–H groups in total. The summed E-state index contributed by atoms with van der Waals surface area (Å²) in [6.45, 7) is 0.457. The van der Waals surface area contributed by atoms with Gasteiger partial charge in [0.15, 0.2) is 6.10 Å². The first kappa shape index (κ1) is 30.4. The number of carbonyl (C=O) groups is 2. The third kappa shape index (κ3) is 7.20. The van der Waals surface area contributed by atoms with E-state index >= 15 is 0 Å². The van der Waals surface area contributed by atoms with E-state index in [-0.39, 0.29) is 6.54 Å². The van der Waals surface area contributed by atoms with Crippen molar-refractivity contribution in [2.75, 3.05) is 5.32 Å². The van der Waals surface area contributed by atoms with Crippen LogP contribution in [-0.4, -0.2) is 43.0 Å². The standard InChI is InChI=1S/C35H30ClN7O3/c36-26-15-16-28-30(17-18-37-31(28)19-26)39-29-14-8-7-13-25(29)21-43-22-27(41-42-43)20-38-35(46)33(44)32(23-9-3-1-4-10-23)40-34(45)24-11-5-2-6-12-24/h1-19,22,32-33,44H,20-21H2,(H,37,39)(H,38,46)(H,40,45)/t32-,33+/m0/s1. The Morgan fingerprint density at radius 2 is 1.61 bits per heavy atom. The van der Waals surface area contributed by atoms with Gasteiger partial charge in [0.2, 0.25) is 0 Å². The number of carbonyl (C=O) groups excluding carboxylic acids is 2. The summed E-state index contributed by atoms with van der Waals surface area (Å²) < 4.78 is 1.68. The highest BCUT2D eigenvalue weighted by Crippen LogP contribution is 2.29. The highest BCUT2D eigenvalue weighted by molar-refractivity contribution is 6.31. The van der Waals surface area contributed by atoms with Crippen LogP contribution in [0.25, 0.3) is 10.9 Å². The van der Waals surface area contributed by atoms with Gasteiger partial charge >= 0.3 is 0 Å². The van der Waals surface area contributed by atoms with Gasteiger partial charge in [0.05, 0.1) is 30.8 Å². The second-order valence-corrected chi connectivity index (χ2v) is 11.0. The normalized spacial score (nSPS) is 12.3. The highest BCUT2D eigenvalue weighted by atomic mass is 35.5. The van der Waals surface area contributed by atoms with Crippen LogP contribution in [0.15, 0.2) is 122 Å². The fraction of sp³-hybridized carbons (Fsp3) is 0.114. The number of fused-ring (bicyclic) bond motifs is 1. The number of nitrogens with one attached hydrogen (secondary N) is 3. The molecule has 2 heterocycles. The molecule has 0 aliphatic carbocycles. The number of aliphatic hydroxyl groups is 1. The number of para-hydroxylation sites is 1. The molecule has 0 radical (unpaired) electrons. The molecule has 0 spiro atoms. The molecular formula is C35H30ClN7O3. The van der Waals surface area contributed by atoms with Gasteiger partial charge in [-0.3, -0.25) is 14.6 Å². The number of rotatable bonds is 11. The molecule has 0 saturated heterocycles. The molecule has 0 aliphatic heterocycles. The molecule has 0 fully saturated rings. The van der Waals surface area contributed by atoms with Gasteiger partial charge < -0.3 is 21.1 Å². The molecule has 10 nitrogen and oxygen atoms in total. The average Bonchev–Trinajstić information content (AvgIpc) is 3.54. The van der Waals surface area contributed by atoms with Gasteiger partial charge in [0, 0.05) is 33.5 Å². The number of hydrogen-bond donors (Lipinski definition) is 4. The molecular weight excluding hydrogens is 602 g/mol. The summed E-state index contributed by atoms with van der Waals surface area (Å²) in [4.78, 5) is 30.4. The van der Waals surface area contributed by atoms with Crippen LogP contribution >= 0.6 is 11.6 Å². The van der Waals surface area contributed by atoms with Gasteiger partial charge in [0.25, 0.3) is 11.8 Å². The topological polar surface area (TPSA) is 134 Å². The second kappa shape index (κ2) is 14.0. The van der Waals surface area contributed by atoms with Crippen molar-refractivity contribution in [1.82, 2.24) is 30.6 Å². The minimum atomic E-state index is -1.55. The maximum atomic E-state index is 13.1. The fourth-order valence-corrected chi connectivity index (χ4v) is 5.25. The van der Waals surface area contributed by atoms with Gasteiger partial charge in [-0.15, -0.1) is 5.10 Å². The van der Waals surface area contributed by atoms with E-state index in [0.29, 0.717) is 28.4 Å². The van der Waals surface area contributed by atoms with Crippen molar-refractivity contribution in [3.8, 4) is 0 Å². The van der Waals surface area contributed by atoms with Crippen molar-refractivity contribution >= 4 is 45.7 Å². The number of halogens is 1. The zero-order valence-corrected chi connectivity index (χ0v) is 25.3. The first-order valence-corrected chi connectivity index (χ1v) is 15.0. The van der Waals surface area contributed by atoms with Crippen molar-refractivity contribution in [2.45, 2.75) is 25.2 Å². The molecule has 6 aromatic rings. The molecule has 6 rings (SSSR count). The zero-order valence-electron chi connectivity index (χ0n) is 24.5. The third-order valence-corrected chi connectivity index (χ3v) is 7.65. The van der Waals surface area contributed by atoms with Crippen LogP contribution in [0.1, 0.15) is 33.2 Å². The van der Waals surface area contributed by atoms with Gasteiger partial charge in [-0.25, -0.2) is 4.68 Å². The van der Waals surface area contributed by atoms with Crippen molar-refractivity contribution < 1.29 is 14.7 Å². The first-order chi connectivity index (χ1) is 22.4. The summed E-state index contributed by atoms with van der Waals surface area (Å²) in [7, 11) is 0. The summed E-state index contributed by atoms with van der Waals surface area (Å²) >= 11 is 6.16. The van der Waals surface area contributed by atoms with E-state index in [1.807, 2.05) is 54.6 Å². The fourth-order valence-electron chi connectivity index (χ4n) is 5.08. The van der Waals surface area contributed by atoms with Gasteiger partial charge in [0.1, 0.15) is 5.69 Å². The van der Waals surface area contributed by atoms with Crippen LogP contribution in [0, 0.1) is 0 Å². The Morgan fingerprint density at radius 3 is 2.41 bits per heavy atom. The largest absolute Gasteiger partial charge is 0.381 e.